The molecule has 0 saturated carbocycles. The molecular weight excluding hydrogens is 336 g/mol. The summed E-state index contributed by atoms with van der Waals surface area (Å²) in [7, 11) is -4.30. The molecule has 1 amide bonds. The van der Waals surface area contributed by atoms with Crippen LogP contribution in [0.2, 0.25) is 0 Å². The highest BCUT2D eigenvalue weighted by Gasteiger charge is 2.42. The molecule has 0 spiro atoms. The molecule has 1 unspecified atom stereocenters. The highest BCUT2D eigenvalue weighted by Crippen LogP contribution is 2.32. The predicted molar refractivity (Wildman–Crippen MR) is 86.5 cm³/mol. The van der Waals surface area contributed by atoms with E-state index in [1.54, 1.807) is 13.8 Å². The number of carbonyl (C=O) groups is 1. The SMILES string of the molecule is C=Cc1ccc([N+](=O)[O-])cc1S(=O)(=O)N1C(=O)CCC1OC(C)C. The van der Waals surface area contributed by atoms with Crippen LogP contribution in [0.4, 0.5) is 5.69 Å². The number of non-ortho nitro benzene ring substituents is 1. The van der Waals surface area contributed by atoms with Crippen LogP contribution < -0.4 is 0 Å². The van der Waals surface area contributed by atoms with E-state index < -0.39 is 27.1 Å². The summed E-state index contributed by atoms with van der Waals surface area (Å²) in [6.07, 6.45) is 0.362. The molecule has 0 radical (unpaired) electrons. The van der Waals surface area contributed by atoms with E-state index in [1.807, 2.05) is 0 Å². The standard InChI is InChI=1S/C15H18N2O6S/c1-4-11-5-6-12(17(19)20)9-13(11)24(21,22)16-14(18)7-8-15(16)23-10(2)3/h4-6,9-10,15H,1,7-8H2,2-3H3. The summed E-state index contributed by atoms with van der Waals surface area (Å²) in [5, 5.41) is 11.0. The van der Waals surface area contributed by atoms with Crippen molar-refractivity contribution in [3.05, 3.63) is 40.5 Å². The van der Waals surface area contributed by atoms with E-state index in [0.717, 1.165) is 6.07 Å². The maximum Gasteiger partial charge on any atom is 0.270 e. The number of hydrogen-bond donors (Lipinski definition) is 0. The molecule has 1 aliphatic rings. The Morgan fingerprint density at radius 1 is 1.46 bits per heavy atom. The van der Waals surface area contributed by atoms with E-state index >= 15 is 0 Å². The molecule has 1 aliphatic heterocycles. The Kier molecular flexibility index (Phi) is 5.05. The number of hydrogen-bond acceptors (Lipinski definition) is 6. The normalized spacial score (nSPS) is 18.2. The number of benzene rings is 1. The second-order valence-corrected chi connectivity index (χ2v) is 7.34. The topological polar surface area (TPSA) is 107 Å². The van der Waals surface area contributed by atoms with Crippen molar-refractivity contribution in [2.24, 2.45) is 0 Å². The van der Waals surface area contributed by atoms with Crippen molar-refractivity contribution >= 4 is 27.7 Å². The first-order valence-corrected chi connectivity index (χ1v) is 8.76. The van der Waals surface area contributed by atoms with Crippen molar-refractivity contribution in [2.45, 2.75) is 43.9 Å². The second kappa shape index (κ2) is 6.70. The molecule has 2 rings (SSSR count). The van der Waals surface area contributed by atoms with E-state index in [1.165, 1.54) is 18.2 Å². The monoisotopic (exact) mass is 354 g/mol. The molecule has 9 heteroatoms. The number of nitro groups is 1. The van der Waals surface area contributed by atoms with E-state index in [0.29, 0.717) is 4.31 Å². The van der Waals surface area contributed by atoms with Gasteiger partial charge in [0.2, 0.25) is 5.91 Å². The van der Waals surface area contributed by atoms with Gasteiger partial charge in [-0.25, -0.2) is 12.7 Å². The van der Waals surface area contributed by atoms with Gasteiger partial charge in [0.05, 0.1) is 11.0 Å². The van der Waals surface area contributed by atoms with Crippen LogP contribution in [-0.4, -0.2) is 35.9 Å². The van der Waals surface area contributed by atoms with Crippen LogP contribution in [0, 0.1) is 10.1 Å². The minimum absolute atomic E-state index is 0.0367. The number of carbonyl (C=O) groups excluding carboxylic acids is 1. The van der Waals surface area contributed by atoms with Gasteiger partial charge in [-0.1, -0.05) is 12.7 Å². The zero-order chi connectivity index (χ0) is 18.1. The van der Waals surface area contributed by atoms with Crippen molar-refractivity contribution in [1.29, 1.82) is 0 Å². The van der Waals surface area contributed by atoms with Crippen LogP contribution >= 0.6 is 0 Å². The molecule has 1 fully saturated rings. The molecule has 24 heavy (non-hydrogen) atoms. The molecule has 0 aliphatic carbocycles. The quantitative estimate of drug-likeness (QED) is 0.573. The van der Waals surface area contributed by atoms with Crippen molar-refractivity contribution in [2.75, 3.05) is 0 Å². The second-order valence-electron chi connectivity index (χ2n) is 5.56. The first kappa shape index (κ1) is 18.1. The van der Waals surface area contributed by atoms with Crippen molar-refractivity contribution < 1.29 is 22.9 Å². The minimum Gasteiger partial charge on any atom is -0.355 e. The Balaban J connectivity index is 2.56. The molecule has 8 nitrogen and oxygen atoms in total. The van der Waals surface area contributed by atoms with Gasteiger partial charge in [-0.15, -0.1) is 0 Å². The van der Waals surface area contributed by atoms with Crippen LogP contribution in [0.1, 0.15) is 32.3 Å². The fraction of sp³-hybridized carbons (Fsp3) is 0.400. The van der Waals surface area contributed by atoms with Gasteiger partial charge in [0.25, 0.3) is 15.7 Å². The Morgan fingerprint density at radius 3 is 2.67 bits per heavy atom. The largest absolute Gasteiger partial charge is 0.355 e. The van der Waals surface area contributed by atoms with Crippen LogP contribution in [-0.2, 0) is 19.6 Å². The molecule has 1 atom stereocenters. The van der Waals surface area contributed by atoms with Crippen LogP contribution in [0.25, 0.3) is 6.08 Å². The highest BCUT2D eigenvalue weighted by molar-refractivity contribution is 7.89. The minimum atomic E-state index is -4.30. The zero-order valence-corrected chi connectivity index (χ0v) is 14.2. The van der Waals surface area contributed by atoms with Gasteiger partial charge in [0.1, 0.15) is 11.1 Å². The molecule has 0 aromatic heterocycles. The lowest BCUT2D eigenvalue weighted by atomic mass is 10.2. The Morgan fingerprint density at radius 2 is 2.12 bits per heavy atom. The number of nitrogens with zero attached hydrogens (tertiary/aromatic N) is 2. The van der Waals surface area contributed by atoms with E-state index in [9.17, 15) is 23.3 Å². The van der Waals surface area contributed by atoms with E-state index in [4.69, 9.17) is 4.74 Å². The Bertz CT molecular complexity index is 787. The van der Waals surface area contributed by atoms with Crippen LogP contribution in [0.15, 0.2) is 29.7 Å². The first-order valence-electron chi connectivity index (χ1n) is 7.32. The lowest BCUT2D eigenvalue weighted by Gasteiger charge is -2.26. The molecular formula is C15H18N2O6S. The average Bonchev–Trinajstić information content (AvgIpc) is 2.86. The fourth-order valence-corrected chi connectivity index (χ4v) is 4.25. The van der Waals surface area contributed by atoms with Crippen molar-refractivity contribution in [3.8, 4) is 0 Å². The summed E-state index contributed by atoms with van der Waals surface area (Å²) < 4.78 is 32.1. The van der Waals surface area contributed by atoms with Gasteiger partial charge in [-0.2, -0.15) is 0 Å². The van der Waals surface area contributed by atoms with Gasteiger partial charge in [0.15, 0.2) is 0 Å². The van der Waals surface area contributed by atoms with Crippen molar-refractivity contribution in [3.63, 3.8) is 0 Å². The smallest absolute Gasteiger partial charge is 0.270 e. The summed E-state index contributed by atoms with van der Waals surface area (Å²) in [5.74, 6) is -0.595. The molecule has 1 aromatic rings. The summed E-state index contributed by atoms with van der Waals surface area (Å²) >= 11 is 0. The van der Waals surface area contributed by atoms with Crippen LogP contribution in [0.5, 0.6) is 0 Å². The number of nitro benzene ring substituents is 1. The zero-order valence-electron chi connectivity index (χ0n) is 13.3. The molecule has 0 N–H and O–H groups in total. The van der Waals surface area contributed by atoms with Crippen molar-refractivity contribution in [1.82, 2.24) is 4.31 Å². The van der Waals surface area contributed by atoms with E-state index in [2.05, 4.69) is 6.58 Å². The molecule has 0 bridgehead atoms. The lowest BCUT2D eigenvalue weighted by molar-refractivity contribution is -0.385. The predicted octanol–water partition coefficient (Wildman–Crippen LogP) is 2.30. The van der Waals surface area contributed by atoms with Gasteiger partial charge in [-0.3, -0.25) is 14.9 Å². The third kappa shape index (κ3) is 3.31. The first-order chi connectivity index (χ1) is 11.2. The summed E-state index contributed by atoms with van der Waals surface area (Å²) in [6, 6.07) is 3.41. The molecule has 1 aromatic carbocycles. The number of sulfonamides is 1. The van der Waals surface area contributed by atoms with Gasteiger partial charge in [0, 0.05) is 25.0 Å². The third-order valence-electron chi connectivity index (χ3n) is 3.51. The molecule has 1 heterocycles. The van der Waals surface area contributed by atoms with Gasteiger partial charge in [-0.05, 0) is 25.5 Å². The third-order valence-corrected chi connectivity index (χ3v) is 5.37. The fourth-order valence-electron chi connectivity index (χ4n) is 2.50. The summed E-state index contributed by atoms with van der Waals surface area (Å²) in [4.78, 5) is 22.0. The summed E-state index contributed by atoms with van der Waals surface area (Å²) in [6.45, 7) is 6.99. The van der Waals surface area contributed by atoms with Gasteiger partial charge < -0.3 is 4.74 Å². The van der Waals surface area contributed by atoms with Gasteiger partial charge >= 0.3 is 0 Å². The average molecular weight is 354 g/mol. The number of ether oxygens (including phenoxy) is 1. The van der Waals surface area contributed by atoms with Crippen LogP contribution in [0.3, 0.4) is 0 Å². The maximum atomic E-state index is 12.9. The molecule has 130 valence electrons. The van der Waals surface area contributed by atoms with E-state index in [-0.39, 0.29) is 35.1 Å². The maximum absolute atomic E-state index is 12.9. The lowest BCUT2D eigenvalue weighted by Crippen LogP contribution is -2.41. The molecule has 1 saturated heterocycles. The number of rotatable bonds is 6. The Hall–Kier alpha value is -2.26. The summed E-state index contributed by atoms with van der Waals surface area (Å²) in [5.41, 5.74) is -0.198. The highest BCUT2D eigenvalue weighted by atomic mass is 32.2. The number of amides is 1. The Labute approximate surface area is 139 Å².